The number of likely N-dealkylation sites (N-methyl/N-ethyl adjacent to an activating group) is 2. The number of fused-ring (bicyclic) bond motifs is 1. The summed E-state index contributed by atoms with van der Waals surface area (Å²) in [7, 11) is 8.23. The first-order valence-corrected chi connectivity index (χ1v) is 10.1. The third-order valence-corrected chi connectivity index (χ3v) is 5.10. The number of thiazole rings is 1. The number of pyridine rings is 1. The van der Waals surface area contributed by atoms with Crippen molar-refractivity contribution in [3.05, 3.63) is 35.8 Å². The van der Waals surface area contributed by atoms with Crippen molar-refractivity contribution in [2.75, 3.05) is 52.8 Å². The number of hydrogen-bond donors (Lipinski definition) is 0. The van der Waals surface area contributed by atoms with E-state index in [0.29, 0.717) is 11.6 Å². The zero-order valence-corrected chi connectivity index (χ0v) is 19.9. The minimum absolute atomic E-state index is 0. The van der Waals surface area contributed by atoms with Gasteiger partial charge in [0, 0.05) is 18.3 Å². The van der Waals surface area contributed by atoms with Crippen molar-refractivity contribution >= 4 is 38.7 Å². The Kier molecular flexibility index (Phi) is 8.06. The number of nitrogens with zero attached hydrogens (tertiary/aromatic N) is 6. The van der Waals surface area contributed by atoms with Crippen molar-refractivity contribution in [2.45, 2.75) is 6.92 Å². The lowest BCUT2D eigenvalue weighted by Gasteiger charge is -2.29. The number of quaternary nitrogens is 1. The summed E-state index contributed by atoms with van der Waals surface area (Å²) in [4.78, 5) is 11.9. The average Bonchev–Trinajstić information content (AvgIpc) is 3.15. The van der Waals surface area contributed by atoms with Gasteiger partial charge < -0.3 is 31.1 Å². The molecule has 0 unspecified atom stereocenters. The van der Waals surface area contributed by atoms with E-state index in [1.807, 2.05) is 12.1 Å². The van der Waals surface area contributed by atoms with Crippen LogP contribution >= 0.6 is 11.3 Å². The largest absolute Gasteiger partial charge is 1.00 e. The van der Waals surface area contributed by atoms with Gasteiger partial charge in [-0.15, -0.1) is 16.5 Å². The smallest absolute Gasteiger partial charge is 0.216 e. The van der Waals surface area contributed by atoms with Crippen LogP contribution in [0.25, 0.3) is 10.3 Å². The highest BCUT2D eigenvalue weighted by atomic mass is 79.9. The van der Waals surface area contributed by atoms with Gasteiger partial charge in [-0.1, -0.05) is 0 Å². The lowest BCUT2D eigenvalue weighted by Crippen LogP contribution is -3.00. The van der Waals surface area contributed by atoms with Gasteiger partial charge in [0.25, 0.3) is 0 Å². The molecule has 0 amide bonds. The average molecular weight is 479 g/mol. The maximum Gasteiger partial charge on any atom is 0.216 e. The molecule has 2 heterocycles. The van der Waals surface area contributed by atoms with Crippen LogP contribution in [0.4, 0.5) is 17.1 Å². The lowest BCUT2D eigenvalue weighted by molar-refractivity contribution is -0.868. The molecule has 156 valence electrons. The van der Waals surface area contributed by atoms with E-state index in [2.05, 4.69) is 65.3 Å². The molecule has 0 aliphatic carbocycles. The molecule has 9 heteroatoms. The van der Waals surface area contributed by atoms with Crippen LogP contribution < -0.4 is 26.6 Å². The van der Waals surface area contributed by atoms with Crippen molar-refractivity contribution in [2.24, 2.45) is 10.2 Å². The van der Waals surface area contributed by atoms with Crippen LogP contribution in [0.15, 0.2) is 46.1 Å². The standard InChI is InChI=1S/C20H27N6OS.BrH/c1-6-25(11-12-26(2,3)4)16-9-7-15(8-10-16)23-24-17-13-18(27-5)22-20-19(17)21-14-28-20;/h7-10,13-14H,6,11-12H2,1-5H3;1H/q+1;/p-1. The van der Waals surface area contributed by atoms with Gasteiger partial charge in [0.05, 0.1) is 52.5 Å². The maximum atomic E-state index is 5.24. The highest BCUT2D eigenvalue weighted by molar-refractivity contribution is 7.16. The monoisotopic (exact) mass is 478 g/mol. The first kappa shape index (κ1) is 23.2. The number of aromatic nitrogens is 2. The molecule has 0 bridgehead atoms. The third kappa shape index (κ3) is 6.19. The Balaban J connectivity index is 0.00000300. The van der Waals surface area contributed by atoms with E-state index < -0.39 is 0 Å². The Labute approximate surface area is 186 Å². The van der Waals surface area contributed by atoms with E-state index in [1.54, 1.807) is 18.7 Å². The van der Waals surface area contributed by atoms with Gasteiger partial charge in [-0.2, -0.15) is 5.11 Å². The van der Waals surface area contributed by atoms with Gasteiger partial charge in [-0.05, 0) is 31.2 Å². The molecule has 3 rings (SSSR count). The maximum absolute atomic E-state index is 5.24. The summed E-state index contributed by atoms with van der Waals surface area (Å²) in [5.41, 5.74) is 5.14. The Morgan fingerprint density at radius 1 is 1.14 bits per heavy atom. The minimum atomic E-state index is 0. The van der Waals surface area contributed by atoms with Crippen LogP contribution in [0.2, 0.25) is 0 Å². The van der Waals surface area contributed by atoms with E-state index in [9.17, 15) is 0 Å². The second-order valence-corrected chi connectivity index (χ2v) is 8.33. The van der Waals surface area contributed by atoms with Gasteiger partial charge in [0.15, 0.2) is 0 Å². The zero-order valence-electron chi connectivity index (χ0n) is 17.5. The molecule has 0 aliphatic rings. The normalized spacial score (nSPS) is 11.6. The van der Waals surface area contributed by atoms with E-state index in [0.717, 1.165) is 40.2 Å². The second-order valence-electron chi connectivity index (χ2n) is 7.50. The lowest BCUT2D eigenvalue weighted by atomic mass is 10.2. The summed E-state index contributed by atoms with van der Waals surface area (Å²) >= 11 is 1.46. The third-order valence-electron chi connectivity index (χ3n) is 4.38. The number of hydrogen-bond acceptors (Lipinski definition) is 7. The number of rotatable bonds is 8. The number of methoxy groups -OCH3 is 1. The molecule has 0 N–H and O–H groups in total. The number of ether oxygens (including phenoxy) is 1. The number of azo groups is 1. The molecule has 0 radical (unpaired) electrons. The van der Waals surface area contributed by atoms with E-state index in [1.165, 1.54) is 17.0 Å². The molecule has 7 nitrogen and oxygen atoms in total. The fourth-order valence-electron chi connectivity index (χ4n) is 2.73. The van der Waals surface area contributed by atoms with Crippen LogP contribution in [-0.2, 0) is 0 Å². The SMILES string of the molecule is CCN(CC[N+](C)(C)C)c1ccc(N=Nc2cc(OC)nc3scnc23)cc1.[Br-]. The van der Waals surface area contributed by atoms with Gasteiger partial charge in [-0.3, -0.25) is 0 Å². The molecule has 0 atom stereocenters. The van der Waals surface area contributed by atoms with Crippen molar-refractivity contribution in [3.8, 4) is 5.88 Å². The van der Waals surface area contributed by atoms with Gasteiger partial charge in [0.1, 0.15) is 16.0 Å². The van der Waals surface area contributed by atoms with Crippen LogP contribution in [0.3, 0.4) is 0 Å². The Morgan fingerprint density at radius 2 is 1.86 bits per heavy atom. The first-order chi connectivity index (χ1) is 13.4. The second kappa shape index (κ2) is 10.1. The predicted molar refractivity (Wildman–Crippen MR) is 115 cm³/mol. The predicted octanol–water partition coefficient (Wildman–Crippen LogP) is 1.65. The fourth-order valence-corrected chi connectivity index (χ4v) is 3.40. The molecule has 2 aromatic heterocycles. The van der Waals surface area contributed by atoms with E-state index in [-0.39, 0.29) is 17.0 Å². The molecular formula is C20H27BrN6OS. The number of benzene rings is 1. The fraction of sp³-hybridized carbons (Fsp3) is 0.400. The summed E-state index contributed by atoms with van der Waals surface area (Å²) in [6.07, 6.45) is 0. The van der Waals surface area contributed by atoms with Crippen LogP contribution in [0.1, 0.15) is 6.92 Å². The van der Waals surface area contributed by atoms with E-state index in [4.69, 9.17) is 4.74 Å². The zero-order chi connectivity index (χ0) is 20.1. The van der Waals surface area contributed by atoms with Crippen molar-refractivity contribution in [1.82, 2.24) is 9.97 Å². The molecule has 0 spiro atoms. The van der Waals surface area contributed by atoms with Gasteiger partial charge in [-0.25, -0.2) is 9.97 Å². The van der Waals surface area contributed by atoms with Crippen LogP contribution in [-0.4, -0.2) is 62.3 Å². The Bertz CT molecular complexity index is 952. The molecule has 0 saturated heterocycles. The van der Waals surface area contributed by atoms with Crippen molar-refractivity contribution in [1.29, 1.82) is 0 Å². The molecule has 3 aromatic rings. The molecule has 0 aliphatic heterocycles. The van der Waals surface area contributed by atoms with Crippen molar-refractivity contribution < 1.29 is 26.2 Å². The molecule has 0 fully saturated rings. The van der Waals surface area contributed by atoms with Crippen LogP contribution in [0.5, 0.6) is 5.88 Å². The van der Waals surface area contributed by atoms with Gasteiger partial charge in [0.2, 0.25) is 5.88 Å². The summed E-state index contributed by atoms with van der Waals surface area (Å²) < 4.78 is 6.19. The summed E-state index contributed by atoms with van der Waals surface area (Å²) in [6, 6.07) is 9.93. The minimum Gasteiger partial charge on any atom is -1.00 e. The van der Waals surface area contributed by atoms with Crippen LogP contribution in [0, 0.1) is 0 Å². The van der Waals surface area contributed by atoms with Crippen molar-refractivity contribution in [3.63, 3.8) is 0 Å². The Morgan fingerprint density at radius 3 is 2.48 bits per heavy atom. The summed E-state index contributed by atoms with van der Waals surface area (Å²) in [5, 5.41) is 8.76. The number of halogens is 1. The summed E-state index contributed by atoms with van der Waals surface area (Å²) in [5.74, 6) is 0.511. The number of anilines is 1. The quantitative estimate of drug-likeness (QED) is 0.364. The topological polar surface area (TPSA) is 63.0 Å². The first-order valence-electron chi connectivity index (χ1n) is 9.25. The highest BCUT2D eigenvalue weighted by Gasteiger charge is 2.12. The van der Waals surface area contributed by atoms with E-state index >= 15 is 0 Å². The molecular weight excluding hydrogens is 452 g/mol. The molecule has 0 saturated carbocycles. The molecule has 1 aromatic carbocycles. The highest BCUT2D eigenvalue weighted by Crippen LogP contribution is 2.31. The molecule has 29 heavy (non-hydrogen) atoms. The Hall–Kier alpha value is -2.10. The van der Waals surface area contributed by atoms with Gasteiger partial charge >= 0.3 is 0 Å². The summed E-state index contributed by atoms with van der Waals surface area (Å²) in [6.45, 7) is 5.25.